The monoisotopic (exact) mass is 316 g/mol. The van der Waals surface area contributed by atoms with Gasteiger partial charge in [-0.25, -0.2) is 0 Å². The fourth-order valence-corrected chi connectivity index (χ4v) is 5.93. The van der Waals surface area contributed by atoms with Gasteiger partial charge in [0, 0.05) is 12.5 Å². The summed E-state index contributed by atoms with van der Waals surface area (Å²) >= 11 is 0. The lowest BCUT2D eigenvalue weighted by molar-refractivity contribution is -0.147. The Balaban J connectivity index is 1.69. The topological polar surface area (TPSA) is 54.4 Å². The minimum Gasteiger partial charge on any atom is -0.396 e. The predicted molar refractivity (Wildman–Crippen MR) is 87.6 cm³/mol. The Morgan fingerprint density at radius 3 is 2.17 bits per heavy atom. The van der Waals surface area contributed by atoms with Crippen LogP contribution < -0.4 is 0 Å². The lowest BCUT2D eigenvalue weighted by atomic mass is 9.53. The van der Waals surface area contributed by atoms with Gasteiger partial charge in [0.15, 0.2) is 0 Å². The maximum absolute atomic E-state index is 12.7. The molecule has 0 saturated heterocycles. The van der Waals surface area contributed by atoms with Crippen LogP contribution in [0.1, 0.15) is 52.9 Å². The zero-order valence-electron chi connectivity index (χ0n) is 14.5. The Kier molecular flexibility index (Phi) is 3.39. The molecule has 0 heterocycles. The Morgan fingerprint density at radius 1 is 1.00 bits per heavy atom. The van der Waals surface area contributed by atoms with E-state index in [1.54, 1.807) is 0 Å². The molecule has 2 fully saturated rings. The van der Waals surface area contributed by atoms with E-state index in [1.165, 1.54) is 11.1 Å². The molecular formula is C20H28O3. The van der Waals surface area contributed by atoms with Crippen molar-refractivity contribution in [3.63, 3.8) is 0 Å². The summed E-state index contributed by atoms with van der Waals surface area (Å²) in [5.41, 5.74) is 2.71. The Bertz CT molecular complexity index is 594. The number of rotatable bonds is 1. The molecule has 0 radical (unpaired) electrons. The second-order valence-corrected chi connectivity index (χ2v) is 9.27. The summed E-state index contributed by atoms with van der Waals surface area (Å²) < 4.78 is 0. The SMILES string of the molecule is CC(C)(C)C1CC2C(=O)C(=O)C1C1=C2CC[C@H]2[C@@H](CO)[C@H]2CC1. The number of fused-ring (bicyclic) bond motifs is 3. The van der Waals surface area contributed by atoms with E-state index in [0.717, 1.165) is 32.1 Å². The van der Waals surface area contributed by atoms with Crippen LogP contribution >= 0.6 is 0 Å². The van der Waals surface area contributed by atoms with E-state index < -0.39 is 0 Å². The largest absolute Gasteiger partial charge is 0.396 e. The van der Waals surface area contributed by atoms with Crippen molar-refractivity contribution >= 4 is 11.6 Å². The Hall–Kier alpha value is -0.960. The third-order valence-electron chi connectivity index (χ3n) is 7.27. The highest BCUT2D eigenvalue weighted by Crippen LogP contribution is 2.59. The summed E-state index contributed by atoms with van der Waals surface area (Å²) in [6.45, 7) is 6.92. The predicted octanol–water partition coefficient (Wildman–Crippen LogP) is 3.16. The van der Waals surface area contributed by atoms with Gasteiger partial charge in [-0.2, -0.15) is 0 Å². The minimum atomic E-state index is -0.148. The number of hydrogen-bond donors (Lipinski definition) is 1. The summed E-state index contributed by atoms with van der Waals surface area (Å²) in [5, 5.41) is 9.51. The van der Waals surface area contributed by atoms with Gasteiger partial charge < -0.3 is 5.11 Å². The van der Waals surface area contributed by atoms with Crippen molar-refractivity contribution in [3.05, 3.63) is 11.1 Å². The quantitative estimate of drug-likeness (QED) is 0.597. The van der Waals surface area contributed by atoms with E-state index in [4.69, 9.17) is 0 Å². The molecule has 23 heavy (non-hydrogen) atoms. The fourth-order valence-electron chi connectivity index (χ4n) is 5.93. The molecule has 0 aromatic rings. The zero-order chi connectivity index (χ0) is 16.5. The van der Waals surface area contributed by atoms with Crippen molar-refractivity contribution in [1.82, 2.24) is 0 Å². The van der Waals surface area contributed by atoms with Crippen LogP contribution in [0.2, 0.25) is 0 Å². The third kappa shape index (κ3) is 2.19. The van der Waals surface area contributed by atoms with E-state index in [-0.39, 0.29) is 28.8 Å². The van der Waals surface area contributed by atoms with Gasteiger partial charge in [0.25, 0.3) is 0 Å². The summed E-state index contributed by atoms with van der Waals surface area (Å²) in [5.74, 6) is 1.58. The molecule has 5 aliphatic rings. The van der Waals surface area contributed by atoms with Gasteiger partial charge in [-0.15, -0.1) is 0 Å². The highest BCUT2D eigenvalue weighted by molar-refractivity contribution is 6.41. The number of Topliss-reactive ketones (excluding diaryl/α,β-unsaturated/α-hetero) is 2. The molecule has 1 N–H and O–H groups in total. The van der Waals surface area contributed by atoms with Crippen molar-refractivity contribution in [2.45, 2.75) is 52.9 Å². The van der Waals surface area contributed by atoms with Crippen molar-refractivity contribution in [2.75, 3.05) is 6.61 Å². The van der Waals surface area contributed by atoms with E-state index in [2.05, 4.69) is 20.8 Å². The van der Waals surface area contributed by atoms with Crippen LogP contribution in [0.3, 0.4) is 0 Å². The highest BCUT2D eigenvalue weighted by Gasteiger charge is 2.56. The van der Waals surface area contributed by atoms with E-state index in [1.807, 2.05) is 0 Å². The lowest BCUT2D eigenvalue weighted by Crippen LogP contribution is -2.51. The molecular weight excluding hydrogens is 288 g/mol. The smallest absolute Gasteiger partial charge is 0.206 e. The van der Waals surface area contributed by atoms with Crippen LogP contribution in [0.15, 0.2) is 11.1 Å². The van der Waals surface area contributed by atoms with Gasteiger partial charge in [0.05, 0.1) is 5.92 Å². The highest BCUT2D eigenvalue weighted by atomic mass is 16.3. The van der Waals surface area contributed by atoms with Gasteiger partial charge in [-0.1, -0.05) is 31.9 Å². The fraction of sp³-hybridized carbons (Fsp3) is 0.800. The Morgan fingerprint density at radius 2 is 1.61 bits per heavy atom. The molecule has 0 spiro atoms. The number of carbonyl (C=O) groups is 2. The number of aliphatic hydroxyl groups excluding tert-OH is 1. The molecule has 5 rings (SSSR count). The summed E-state index contributed by atoms with van der Waals surface area (Å²) in [7, 11) is 0. The molecule has 2 saturated carbocycles. The molecule has 3 heteroatoms. The van der Waals surface area contributed by atoms with Crippen molar-refractivity contribution < 1.29 is 14.7 Å². The van der Waals surface area contributed by atoms with Crippen LogP contribution in [0.4, 0.5) is 0 Å². The lowest BCUT2D eigenvalue weighted by Gasteiger charge is -2.49. The molecule has 6 atom stereocenters. The van der Waals surface area contributed by atoms with Crippen molar-refractivity contribution in [3.8, 4) is 0 Å². The molecule has 3 nitrogen and oxygen atoms in total. The average Bonchev–Trinajstić information content (AvgIpc) is 3.14. The molecule has 0 aromatic heterocycles. The standard InChI is InChI=1S/C20H28O3/c1-20(2,3)16-8-14-12-5-4-10-11(15(10)9-21)6-7-13(12)17(16)19(23)18(14)22/h10-11,14-17,21H,4-9H2,1-3H3/t10-,11+,14?,15-,16?,17?/m1/s1. The first-order valence-corrected chi connectivity index (χ1v) is 9.25. The number of ketones is 2. The van der Waals surface area contributed by atoms with E-state index >= 15 is 0 Å². The van der Waals surface area contributed by atoms with Crippen molar-refractivity contribution in [2.24, 2.45) is 40.9 Å². The zero-order valence-corrected chi connectivity index (χ0v) is 14.5. The van der Waals surface area contributed by atoms with Gasteiger partial charge in [0.2, 0.25) is 11.6 Å². The van der Waals surface area contributed by atoms with Crippen LogP contribution in [-0.4, -0.2) is 23.3 Å². The number of aliphatic hydroxyl groups is 1. The van der Waals surface area contributed by atoms with E-state index in [0.29, 0.717) is 30.3 Å². The summed E-state index contributed by atoms with van der Waals surface area (Å²) in [6, 6.07) is 0. The number of carbonyl (C=O) groups excluding carboxylic acids is 2. The van der Waals surface area contributed by atoms with Gasteiger partial charge in [-0.05, 0) is 61.2 Å². The second kappa shape index (κ2) is 5.02. The van der Waals surface area contributed by atoms with Crippen LogP contribution in [0.5, 0.6) is 0 Å². The van der Waals surface area contributed by atoms with Crippen molar-refractivity contribution in [1.29, 1.82) is 0 Å². The molecule has 126 valence electrons. The second-order valence-electron chi connectivity index (χ2n) is 9.27. The number of allylic oxidation sites excluding steroid dienone is 2. The first kappa shape index (κ1) is 15.6. The minimum absolute atomic E-state index is 0.0654. The van der Waals surface area contributed by atoms with Gasteiger partial charge in [-0.3, -0.25) is 9.59 Å². The van der Waals surface area contributed by atoms with Crippen LogP contribution in [-0.2, 0) is 9.59 Å². The normalized spacial score (nSPS) is 43.0. The summed E-state index contributed by atoms with van der Waals surface area (Å²) in [6.07, 6.45) is 5.01. The van der Waals surface area contributed by atoms with Crippen LogP contribution in [0.25, 0.3) is 0 Å². The average molecular weight is 316 g/mol. The third-order valence-corrected chi connectivity index (χ3v) is 7.27. The van der Waals surface area contributed by atoms with E-state index in [9.17, 15) is 14.7 Å². The van der Waals surface area contributed by atoms with Crippen LogP contribution in [0, 0.1) is 40.9 Å². The molecule has 3 unspecified atom stereocenters. The molecule has 2 bridgehead atoms. The molecule has 0 aromatic carbocycles. The summed E-state index contributed by atoms with van der Waals surface area (Å²) in [4.78, 5) is 25.2. The maximum Gasteiger partial charge on any atom is 0.206 e. The Labute approximate surface area is 138 Å². The van der Waals surface area contributed by atoms with Gasteiger partial charge >= 0.3 is 0 Å². The molecule has 0 amide bonds. The molecule has 5 aliphatic carbocycles. The first-order valence-electron chi connectivity index (χ1n) is 9.25. The first-order chi connectivity index (χ1) is 10.8. The van der Waals surface area contributed by atoms with Gasteiger partial charge in [0.1, 0.15) is 0 Å². The number of hydrogen-bond acceptors (Lipinski definition) is 3. The molecule has 0 aliphatic heterocycles. The maximum atomic E-state index is 12.7.